The lowest BCUT2D eigenvalue weighted by Crippen LogP contribution is -2.01. The average molecular weight is 301 g/mol. The number of nitrogens with two attached hydrogens (primary N) is 2. The second-order valence-corrected chi connectivity index (χ2v) is 5.49. The van der Waals surface area contributed by atoms with Crippen molar-refractivity contribution >= 4 is 34.0 Å². The molecule has 0 saturated heterocycles. The number of nitrogen functional groups attached to an aromatic ring is 2. The smallest absolute Gasteiger partial charge is 0.141 e. The van der Waals surface area contributed by atoms with E-state index in [9.17, 15) is 0 Å². The first-order chi connectivity index (χ1) is 10.1. The zero-order chi connectivity index (χ0) is 15.0. The van der Waals surface area contributed by atoms with Crippen molar-refractivity contribution in [3.05, 3.63) is 41.4 Å². The second kappa shape index (κ2) is 5.30. The Kier molecular flexibility index (Phi) is 3.47. The highest BCUT2D eigenvalue weighted by Gasteiger charge is 2.15. The molecule has 1 aromatic heterocycles. The molecule has 4 N–H and O–H groups in total. The maximum atomic E-state index is 6.35. The van der Waals surface area contributed by atoms with E-state index in [0.29, 0.717) is 16.4 Å². The van der Waals surface area contributed by atoms with Crippen molar-refractivity contribution in [3.63, 3.8) is 0 Å². The Morgan fingerprint density at radius 1 is 1.14 bits per heavy atom. The first kappa shape index (κ1) is 13.8. The van der Waals surface area contributed by atoms with Crippen molar-refractivity contribution in [3.8, 4) is 11.4 Å². The van der Waals surface area contributed by atoms with Crippen LogP contribution in [-0.4, -0.2) is 9.55 Å². The maximum absolute atomic E-state index is 6.35. The summed E-state index contributed by atoms with van der Waals surface area (Å²) in [5.74, 6) is 0.846. The molecular formula is C16H17ClN4. The summed E-state index contributed by atoms with van der Waals surface area (Å²) in [7, 11) is 0. The number of halogens is 1. The molecule has 0 aliphatic heterocycles. The maximum Gasteiger partial charge on any atom is 0.141 e. The van der Waals surface area contributed by atoms with Crippen LogP contribution in [0.4, 0.5) is 11.4 Å². The number of para-hydroxylation sites is 1. The highest BCUT2D eigenvalue weighted by molar-refractivity contribution is 6.35. The summed E-state index contributed by atoms with van der Waals surface area (Å²) in [6.45, 7) is 2.96. The summed E-state index contributed by atoms with van der Waals surface area (Å²) in [4.78, 5) is 4.71. The molecule has 0 saturated carbocycles. The van der Waals surface area contributed by atoms with Crippen LogP contribution in [0, 0.1) is 0 Å². The van der Waals surface area contributed by atoms with Crippen LogP contribution in [0.5, 0.6) is 0 Å². The van der Waals surface area contributed by atoms with Crippen molar-refractivity contribution in [1.29, 1.82) is 0 Å². The van der Waals surface area contributed by atoms with E-state index in [1.807, 2.05) is 30.3 Å². The Bertz CT molecular complexity index is 787. The lowest BCUT2D eigenvalue weighted by Gasteiger charge is -2.10. The fraction of sp³-hybridized carbons (Fsp3) is 0.188. The van der Waals surface area contributed by atoms with Crippen molar-refractivity contribution in [2.45, 2.75) is 19.9 Å². The number of nitrogens with zero attached hydrogens (tertiary/aromatic N) is 2. The van der Waals surface area contributed by atoms with Crippen molar-refractivity contribution in [1.82, 2.24) is 9.55 Å². The lowest BCUT2D eigenvalue weighted by molar-refractivity contribution is 0.704. The predicted octanol–water partition coefficient (Wildman–Crippen LogP) is 3.93. The number of aromatic nitrogens is 2. The molecule has 0 unspecified atom stereocenters. The largest absolute Gasteiger partial charge is 0.399 e. The van der Waals surface area contributed by atoms with E-state index < -0.39 is 0 Å². The molecule has 0 atom stereocenters. The molecule has 3 rings (SSSR count). The number of aryl methyl sites for hydroxylation is 1. The van der Waals surface area contributed by atoms with Crippen LogP contribution < -0.4 is 11.5 Å². The van der Waals surface area contributed by atoms with E-state index in [2.05, 4.69) is 11.5 Å². The fourth-order valence-electron chi connectivity index (χ4n) is 2.61. The van der Waals surface area contributed by atoms with Gasteiger partial charge < -0.3 is 16.0 Å². The summed E-state index contributed by atoms with van der Waals surface area (Å²) in [5, 5.41) is 0.705. The quantitative estimate of drug-likeness (QED) is 0.720. The van der Waals surface area contributed by atoms with Crippen LogP contribution in [-0.2, 0) is 6.54 Å². The molecule has 0 aliphatic carbocycles. The van der Waals surface area contributed by atoms with Gasteiger partial charge in [-0.2, -0.15) is 0 Å². The Labute approximate surface area is 128 Å². The van der Waals surface area contributed by atoms with Crippen molar-refractivity contribution in [2.24, 2.45) is 0 Å². The topological polar surface area (TPSA) is 69.9 Å². The van der Waals surface area contributed by atoms with E-state index in [4.69, 9.17) is 28.1 Å². The van der Waals surface area contributed by atoms with E-state index >= 15 is 0 Å². The summed E-state index contributed by atoms with van der Waals surface area (Å²) in [6, 6.07) is 11.3. The molecule has 3 aromatic rings. The average Bonchev–Trinajstić information content (AvgIpc) is 2.78. The summed E-state index contributed by atoms with van der Waals surface area (Å²) in [5.41, 5.74) is 15.8. The predicted molar refractivity (Wildman–Crippen MR) is 89.3 cm³/mol. The third-order valence-electron chi connectivity index (χ3n) is 3.40. The Hall–Kier alpha value is -2.20. The zero-order valence-electron chi connectivity index (χ0n) is 11.8. The standard InChI is InChI=1S/C16H17ClN4/c1-2-6-21-15-13(17)4-3-5-14(15)20-16(21)10-7-11(18)9-12(19)8-10/h3-5,7-9H,2,6,18-19H2,1H3. The third kappa shape index (κ3) is 2.43. The van der Waals surface area contributed by atoms with Gasteiger partial charge in [-0.25, -0.2) is 4.98 Å². The van der Waals surface area contributed by atoms with Gasteiger partial charge >= 0.3 is 0 Å². The monoisotopic (exact) mass is 300 g/mol. The van der Waals surface area contributed by atoms with Crippen LogP contribution in [0.2, 0.25) is 5.02 Å². The highest BCUT2D eigenvalue weighted by atomic mass is 35.5. The summed E-state index contributed by atoms with van der Waals surface area (Å²) >= 11 is 6.35. The van der Waals surface area contributed by atoms with Crippen molar-refractivity contribution in [2.75, 3.05) is 11.5 Å². The number of imidazole rings is 1. The van der Waals surface area contributed by atoms with E-state index in [0.717, 1.165) is 35.4 Å². The summed E-state index contributed by atoms with van der Waals surface area (Å²) < 4.78 is 2.13. The van der Waals surface area contributed by atoms with Gasteiger partial charge in [0.25, 0.3) is 0 Å². The second-order valence-electron chi connectivity index (χ2n) is 5.08. The Morgan fingerprint density at radius 2 is 1.86 bits per heavy atom. The van der Waals surface area contributed by atoms with Crippen LogP contribution in [0.3, 0.4) is 0 Å². The molecule has 1 heterocycles. The summed E-state index contributed by atoms with van der Waals surface area (Å²) in [6.07, 6.45) is 0.988. The number of benzene rings is 2. The molecule has 0 radical (unpaired) electrons. The van der Waals surface area contributed by atoms with Crippen molar-refractivity contribution < 1.29 is 0 Å². The van der Waals surface area contributed by atoms with Gasteiger partial charge in [0, 0.05) is 23.5 Å². The number of hydrogen-bond acceptors (Lipinski definition) is 3. The number of hydrogen-bond donors (Lipinski definition) is 2. The molecule has 0 aliphatic rings. The van der Waals surface area contributed by atoms with Gasteiger partial charge in [-0.15, -0.1) is 0 Å². The number of rotatable bonds is 3. The molecule has 0 spiro atoms. The SMILES string of the molecule is CCCn1c(-c2cc(N)cc(N)c2)nc2cccc(Cl)c21. The molecular weight excluding hydrogens is 284 g/mol. The van der Waals surface area contributed by atoms with E-state index in [1.165, 1.54) is 0 Å². The number of fused-ring (bicyclic) bond motifs is 1. The van der Waals surface area contributed by atoms with Gasteiger partial charge in [0.05, 0.1) is 16.1 Å². The molecule has 108 valence electrons. The van der Waals surface area contributed by atoms with Crippen LogP contribution in [0.15, 0.2) is 36.4 Å². The molecule has 2 aromatic carbocycles. The Balaban J connectivity index is 2.31. The normalized spacial score (nSPS) is 11.1. The van der Waals surface area contributed by atoms with E-state index in [1.54, 1.807) is 6.07 Å². The Morgan fingerprint density at radius 3 is 2.52 bits per heavy atom. The molecule has 21 heavy (non-hydrogen) atoms. The van der Waals surface area contributed by atoms with Gasteiger partial charge in [-0.05, 0) is 36.8 Å². The minimum absolute atomic E-state index is 0.631. The number of anilines is 2. The van der Waals surface area contributed by atoms with Crippen LogP contribution in [0.25, 0.3) is 22.4 Å². The van der Waals surface area contributed by atoms with Crippen LogP contribution >= 0.6 is 11.6 Å². The third-order valence-corrected chi connectivity index (χ3v) is 3.71. The van der Waals surface area contributed by atoms with Gasteiger partial charge in [0.15, 0.2) is 0 Å². The fourth-order valence-corrected chi connectivity index (χ4v) is 2.88. The molecule has 5 heteroatoms. The van der Waals surface area contributed by atoms with Gasteiger partial charge in [0.2, 0.25) is 0 Å². The first-order valence-corrected chi connectivity index (χ1v) is 7.29. The van der Waals surface area contributed by atoms with Gasteiger partial charge in [0.1, 0.15) is 5.82 Å². The van der Waals surface area contributed by atoms with Gasteiger partial charge in [-0.1, -0.05) is 24.6 Å². The minimum Gasteiger partial charge on any atom is -0.399 e. The highest BCUT2D eigenvalue weighted by Crippen LogP contribution is 2.31. The van der Waals surface area contributed by atoms with Gasteiger partial charge in [-0.3, -0.25) is 0 Å². The molecule has 4 nitrogen and oxygen atoms in total. The van der Waals surface area contributed by atoms with E-state index in [-0.39, 0.29) is 0 Å². The molecule has 0 bridgehead atoms. The van der Waals surface area contributed by atoms with Crippen LogP contribution in [0.1, 0.15) is 13.3 Å². The molecule has 0 fully saturated rings. The molecule has 0 amide bonds. The first-order valence-electron chi connectivity index (χ1n) is 6.91. The minimum atomic E-state index is 0.631. The lowest BCUT2D eigenvalue weighted by atomic mass is 10.1. The zero-order valence-corrected chi connectivity index (χ0v) is 12.6.